The van der Waals surface area contributed by atoms with Crippen LogP contribution in [0.3, 0.4) is 0 Å². The minimum absolute atomic E-state index is 0.0174. The van der Waals surface area contributed by atoms with Crippen LogP contribution < -0.4 is 5.32 Å². The van der Waals surface area contributed by atoms with Crippen LogP contribution in [-0.2, 0) is 10.7 Å². The molecule has 0 bridgehead atoms. The summed E-state index contributed by atoms with van der Waals surface area (Å²) in [5.41, 5.74) is 0.0174. The molecule has 1 aromatic rings. The Hall–Kier alpha value is -1.00. The highest BCUT2D eigenvalue weighted by Gasteiger charge is 2.32. The first kappa shape index (κ1) is 12.5. The van der Waals surface area contributed by atoms with Gasteiger partial charge < -0.3 is 10.1 Å². The summed E-state index contributed by atoms with van der Waals surface area (Å²) in [6, 6.07) is 7.83. The monoisotopic (exact) mass is 241 g/mol. The van der Waals surface area contributed by atoms with E-state index >= 15 is 0 Å². The second-order valence-electron chi connectivity index (χ2n) is 4.35. The molecule has 1 aliphatic rings. The summed E-state index contributed by atoms with van der Waals surface area (Å²) in [6.07, 6.45) is 1.76. The lowest BCUT2D eigenvalue weighted by molar-refractivity contribution is -0.108. The molecule has 94 valence electrons. The van der Waals surface area contributed by atoms with E-state index in [-0.39, 0.29) is 11.7 Å². The normalized spacial score (nSPS) is 21.4. The Bertz CT molecular complexity index is 337. The van der Waals surface area contributed by atoms with Crippen molar-refractivity contribution in [2.24, 2.45) is 0 Å². The molecule has 0 spiro atoms. The van der Waals surface area contributed by atoms with Gasteiger partial charge in [-0.15, -0.1) is 0 Å². The minimum atomic E-state index is -2.90. The lowest BCUT2D eigenvalue weighted by Gasteiger charge is -2.25. The molecule has 2 rings (SSSR count). The molecule has 2 nitrogen and oxygen atoms in total. The number of halogens is 2. The Labute approximate surface area is 100.0 Å². The molecule has 1 N–H and O–H groups in total. The maximum absolute atomic E-state index is 13.8. The van der Waals surface area contributed by atoms with Crippen LogP contribution >= 0.6 is 0 Å². The summed E-state index contributed by atoms with van der Waals surface area (Å²) in [6.45, 7) is 1.09. The molecule has 0 amide bonds. The summed E-state index contributed by atoms with van der Waals surface area (Å²) in [4.78, 5) is 0. The van der Waals surface area contributed by atoms with Crippen LogP contribution in [0.5, 0.6) is 0 Å². The predicted molar refractivity (Wildman–Crippen MR) is 62.2 cm³/mol. The molecule has 1 aliphatic heterocycles. The van der Waals surface area contributed by atoms with Gasteiger partial charge >= 0.3 is 0 Å². The number of rotatable bonds is 4. The zero-order chi connectivity index (χ0) is 12.1. The zero-order valence-electron chi connectivity index (χ0n) is 9.66. The highest BCUT2D eigenvalue weighted by Crippen LogP contribution is 2.28. The van der Waals surface area contributed by atoms with Crippen molar-refractivity contribution in [1.29, 1.82) is 0 Å². The summed E-state index contributed by atoms with van der Waals surface area (Å²) in [5, 5.41) is 3.14. The smallest absolute Gasteiger partial charge is 0.296 e. The fourth-order valence-electron chi connectivity index (χ4n) is 1.95. The van der Waals surface area contributed by atoms with Crippen LogP contribution in [0.2, 0.25) is 0 Å². The Morgan fingerprint density at radius 2 is 2.06 bits per heavy atom. The molecule has 4 heteroatoms. The Morgan fingerprint density at radius 3 is 2.71 bits per heavy atom. The number of benzene rings is 1. The lowest BCUT2D eigenvalue weighted by Crippen LogP contribution is -2.37. The van der Waals surface area contributed by atoms with Gasteiger partial charge in [-0.1, -0.05) is 30.3 Å². The maximum atomic E-state index is 13.8. The number of alkyl halides is 2. The van der Waals surface area contributed by atoms with Gasteiger partial charge in [0.15, 0.2) is 0 Å². The van der Waals surface area contributed by atoms with Gasteiger partial charge in [-0.3, -0.25) is 0 Å². The third-order valence-corrected chi connectivity index (χ3v) is 2.95. The van der Waals surface area contributed by atoms with E-state index in [2.05, 4.69) is 5.32 Å². The second kappa shape index (κ2) is 5.56. The van der Waals surface area contributed by atoms with Crippen molar-refractivity contribution >= 4 is 0 Å². The van der Waals surface area contributed by atoms with E-state index < -0.39 is 12.5 Å². The first-order valence-corrected chi connectivity index (χ1v) is 5.94. The molecule has 1 atom stereocenters. The van der Waals surface area contributed by atoms with Crippen molar-refractivity contribution < 1.29 is 13.5 Å². The van der Waals surface area contributed by atoms with E-state index in [1.165, 1.54) is 12.1 Å². The Morgan fingerprint density at radius 1 is 1.29 bits per heavy atom. The van der Waals surface area contributed by atoms with Crippen LogP contribution in [0.4, 0.5) is 8.78 Å². The third kappa shape index (κ3) is 3.48. The fraction of sp³-hybridized carbons (Fsp3) is 0.538. The van der Waals surface area contributed by atoms with Crippen molar-refractivity contribution in [3.63, 3.8) is 0 Å². The molecule has 17 heavy (non-hydrogen) atoms. The van der Waals surface area contributed by atoms with Gasteiger partial charge in [0.1, 0.15) is 6.61 Å². The summed E-state index contributed by atoms with van der Waals surface area (Å²) in [5.74, 6) is -2.90. The fourth-order valence-corrected chi connectivity index (χ4v) is 1.95. The average Bonchev–Trinajstić information content (AvgIpc) is 2.39. The number of piperidine rings is 1. The summed E-state index contributed by atoms with van der Waals surface area (Å²) in [7, 11) is 0. The first-order chi connectivity index (χ1) is 8.18. The van der Waals surface area contributed by atoms with E-state index in [1.807, 2.05) is 0 Å². The largest absolute Gasteiger partial charge is 0.370 e. The van der Waals surface area contributed by atoms with Crippen molar-refractivity contribution in [3.8, 4) is 0 Å². The number of ether oxygens (including phenoxy) is 1. The minimum Gasteiger partial charge on any atom is -0.370 e. The molecule has 1 fully saturated rings. The van der Waals surface area contributed by atoms with Crippen molar-refractivity contribution in [2.75, 3.05) is 19.7 Å². The SMILES string of the molecule is FC(F)(CO[C@H]1CCCNC1)c1ccccc1. The van der Waals surface area contributed by atoms with Crippen molar-refractivity contribution in [3.05, 3.63) is 35.9 Å². The highest BCUT2D eigenvalue weighted by molar-refractivity contribution is 5.19. The Balaban J connectivity index is 1.88. The standard InChI is InChI=1S/C13H17F2NO/c14-13(15,11-5-2-1-3-6-11)10-17-12-7-4-8-16-9-12/h1-3,5-6,12,16H,4,7-10H2/t12-/m0/s1. The van der Waals surface area contributed by atoms with Crippen LogP contribution in [0.1, 0.15) is 18.4 Å². The molecular formula is C13H17F2NO. The van der Waals surface area contributed by atoms with E-state index in [4.69, 9.17) is 4.74 Å². The molecule has 0 aliphatic carbocycles. The van der Waals surface area contributed by atoms with Crippen molar-refractivity contribution in [2.45, 2.75) is 24.9 Å². The van der Waals surface area contributed by atoms with Gasteiger partial charge in [-0.2, -0.15) is 8.78 Å². The highest BCUT2D eigenvalue weighted by atomic mass is 19.3. The first-order valence-electron chi connectivity index (χ1n) is 5.94. The number of hydrogen-bond acceptors (Lipinski definition) is 2. The third-order valence-electron chi connectivity index (χ3n) is 2.95. The summed E-state index contributed by atoms with van der Waals surface area (Å²) >= 11 is 0. The van der Waals surface area contributed by atoms with Crippen LogP contribution in [0.15, 0.2) is 30.3 Å². The van der Waals surface area contributed by atoms with Crippen LogP contribution in [0, 0.1) is 0 Å². The molecule has 1 aromatic carbocycles. The van der Waals surface area contributed by atoms with Gasteiger partial charge in [0.05, 0.1) is 6.10 Å². The zero-order valence-corrected chi connectivity index (χ0v) is 9.66. The van der Waals surface area contributed by atoms with Gasteiger partial charge in [0.2, 0.25) is 0 Å². The second-order valence-corrected chi connectivity index (χ2v) is 4.35. The average molecular weight is 241 g/mol. The number of nitrogens with one attached hydrogen (secondary N) is 1. The Kier molecular flexibility index (Phi) is 4.07. The van der Waals surface area contributed by atoms with E-state index in [0.29, 0.717) is 6.54 Å². The summed E-state index contributed by atoms with van der Waals surface area (Å²) < 4.78 is 32.8. The van der Waals surface area contributed by atoms with E-state index in [9.17, 15) is 8.78 Å². The predicted octanol–water partition coefficient (Wildman–Crippen LogP) is 2.55. The molecule has 0 saturated carbocycles. The molecule has 0 unspecified atom stereocenters. The van der Waals surface area contributed by atoms with E-state index in [1.54, 1.807) is 18.2 Å². The lowest BCUT2D eigenvalue weighted by atomic mass is 10.1. The molecule has 0 aromatic heterocycles. The molecular weight excluding hydrogens is 224 g/mol. The molecule has 1 saturated heterocycles. The quantitative estimate of drug-likeness (QED) is 0.874. The van der Waals surface area contributed by atoms with E-state index in [0.717, 1.165) is 19.4 Å². The maximum Gasteiger partial charge on any atom is 0.296 e. The van der Waals surface area contributed by atoms with Gasteiger partial charge in [0, 0.05) is 12.1 Å². The van der Waals surface area contributed by atoms with Crippen LogP contribution in [0.25, 0.3) is 0 Å². The van der Waals surface area contributed by atoms with Gasteiger partial charge in [0.25, 0.3) is 5.92 Å². The van der Waals surface area contributed by atoms with Gasteiger partial charge in [-0.05, 0) is 19.4 Å². The van der Waals surface area contributed by atoms with Gasteiger partial charge in [-0.25, -0.2) is 0 Å². The molecule has 1 heterocycles. The molecule has 0 radical (unpaired) electrons. The van der Waals surface area contributed by atoms with Crippen LogP contribution in [-0.4, -0.2) is 25.8 Å². The number of hydrogen-bond donors (Lipinski definition) is 1. The van der Waals surface area contributed by atoms with Crippen molar-refractivity contribution in [1.82, 2.24) is 5.32 Å². The topological polar surface area (TPSA) is 21.3 Å².